The van der Waals surface area contributed by atoms with E-state index in [4.69, 9.17) is 0 Å². The molecule has 1 fully saturated rings. The van der Waals surface area contributed by atoms with Gasteiger partial charge in [-0.15, -0.1) is 0 Å². The topological polar surface area (TPSA) is 35.6 Å². The summed E-state index contributed by atoms with van der Waals surface area (Å²) in [5.74, 6) is 0.0325. The molecule has 4 nitrogen and oxygen atoms in total. The van der Waals surface area contributed by atoms with Gasteiger partial charge >= 0.3 is 0 Å². The molecule has 1 unspecified atom stereocenters. The largest absolute Gasteiger partial charge is 0.366 e. The minimum atomic E-state index is 0.0325. The third-order valence-electron chi connectivity index (χ3n) is 5.84. The first-order chi connectivity index (χ1) is 13.3. The van der Waals surface area contributed by atoms with Crippen LogP contribution in [0.25, 0.3) is 0 Å². The number of anilines is 1. The summed E-state index contributed by atoms with van der Waals surface area (Å²) in [5, 5.41) is 3.03. The Bertz CT molecular complexity index is 761. The first-order valence-electron chi connectivity index (χ1n) is 10.2. The number of amides is 1. The number of rotatable bonds is 6. The van der Waals surface area contributed by atoms with Crippen molar-refractivity contribution in [2.75, 3.05) is 37.6 Å². The fourth-order valence-corrected chi connectivity index (χ4v) is 4.37. The summed E-state index contributed by atoms with van der Waals surface area (Å²) >= 11 is 0. The van der Waals surface area contributed by atoms with Crippen LogP contribution in [0.15, 0.2) is 54.6 Å². The standard InChI is InChI=1S/C23H29N3O/c27-23(20-9-2-1-3-10-20)24-14-6-7-15-25-16-17-26-21(18-25)13-12-19-8-4-5-11-22(19)26/h1-5,8-11,21H,6-7,12-18H2,(H,24,27). The molecule has 2 aliphatic heterocycles. The molecular weight excluding hydrogens is 334 g/mol. The highest BCUT2D eigenvalue weighted by Crippen LogP contribution is 2.32. The van der Waals surface area contributed by atoms with Gasteiger partial charge in [-0.1, -0.05) is 36.4 Å². The van der Waals surface area contributed by atoms with Gasteiger partial charge in [0.1, 0.15) is 0 Å². The van der Waals surface area contributed by atoms with Crippen molar-refractivity contribution in [1.82, 2.24) is 10.2 Å². The van der Waals surface area contributed by atoms with E-state index in [9.17, 15) is 4.79 Å². The summed E-state index contributed by atoms with van der Waals surface area (Å²) in [4.78, 5) is 17.3. The number of carbonyl (C=O) groups excluding carboxylic acids is 1. The normalized spacial score (nSPS) is 19.3. The Hall–Kier alpha value is -2.33. The number of aryl methyl sites for hydroxylation is 1. The van der Waals surface area contributed by atoms with Gasteiger partial charge < -0.3 is 10.2 Å². The Morgan fingerprint density at radius 1 is 1.00 bits per heavy atom. The number of benzene rings is 2. The number of piperazine rings is 1. The number of carbonyl (C=O) groups is 1. The summed E-state index contributed by atoms with van der Waals surface area (Å²) in [6, 6.07) is 19.0. The van der Waals surface area contributed by atoms with Crippen molar-refractivity contribution in [1.29, 1.82) is 0 Å². The van der Waals surface area contributed by atoms with Gasteiger partial charge in [-0.3, -0.25) is 9.69 Å². The van der Waals surface area contributed by atoms with Gasteiger partial charge in [-0.05, 0) is 56.0 Å². The Labute approximate surface area is 162 Å². The number of unbranched alkanes of at least 4 members (excludes halogenated alkanes) is 1. The highest BCUT2D eigenvalue weighted by atomic mass is 16.1. The fraction of sp³-hybridized carbons (Fsp3) is 0.435. The molecular formula is C23H29N3O. The van der Waals surface area contributed by atoms with Crippen molar-refractivity contribution < 1.29 is 4.79 Å². The lowest BCUT2D eigenvalue weighted by molar-refractivity contribution is 0.0952. The molecule has 1 N–H and O–H groups in total. The maximum absolute atomic E-state index is 12.0. The average Bonchev–Trinajstić information content (AvgIpc) is 2.73. The van der Waals surface area contributed by atoms with Crippen LogP contribution in [-0.4, -0.2) is 49.6 Å². The molecule has 0 aromatic heterocycles. The van der Waals surface area contributed by atoms with Crippen molar-refractivity contribution in [2.24, 2.45) is 0 Å². The van der Waals surface area contributed by atoms with E-state index in [1.54, 1.807) is 0 Å². The molecule has 1 saturated heterocycles. The third-order valence-corrected chi connectivity index (χ3v) is 5.84. The zero-order chi connectivity index (χ0) is 18.5. The van der Waals surface area contributed by atoms with E-state index in [0.717, 1.165) is 44.6 Å². The SMILES string of the molecule is O=C(NCCCCN1CCN2c3ccccc3CCC2C1)c1ccccc1. The van der Waals surface area contributed by atoms with E-state index in [2.05, 4.69) is 39.4 Å². The Balaban J connectivity index is 1.18. The lowest BCUT2D eigenvalue weighted by Crippen LogP contribution is -2.55. The Morgan fingerprint density at radius 3 is 2.70 bits per heavy atom. The maximum atomic E-state index is 12.0. The van der Waals surface area contributed by atoms with Crippen LogP contribution in [0.5, 0.6) is 0 Å². The Kier molecular flexibility index (Phi) is 5.73. The summed E-state index contributed by atoms with van der Waals surface area (Å²) in [6.07, 6.45) is 4.64. The molecule has 0 saturated carbocycles. The number of hydrogen-bond acceptors (Lipinski definition) is 3. The highest BCUT2D eigenvalue weighted by molar-refractivity contribution is 5.94. The van der Waals surface area contributed by atoms with Crippen LogP contribution < -0.4 is 10.2 Å². The lowest BCUT2D eigenvalue weighted by atomic mass is 9.94. The van der Waals surface area contributed by atoms with E-state index in [0.29, 0.717) is 6.04 Å². The number of nitrogens with zero attached hydrogens (tertiary/aromatic N) is 2. The molecule has 0 bridgehead atoms. The van der Waals surface area contributed by atoms with Crippen molar-refractivity contribution in [3.8, 4) is 0 Å². The van der Waals surface area contributed by atoms with Crippen molar-refractivity contribution in [3.05, 3.63) is 65.7 Å². The molecule has 2 aromatic carbocycles. The molecule has 1 atom stereocenters. The number of para-hydroxylation sites is 1. The van der Waals surface area contributed by atoms with Crippen LogP contribution in [0.4, 0.5) is 5.69 Å². The van der Waals surface area contributed by atoms with Crippen molar-refractivity contribution in [3.63, 3.8) is 0 Å². The summed E-state index contributed by atoms with van der Waals surface area (Å²) in [7, 11) is 0. The van der Waals surface area contributed by atoms with E-state index in [-0.39, 0.29) is 5.91 Å². The molecule has 4 rings (SSSR count). The molecule has 4 heteroatoms. The van der Waals surface area contributed by atoms with Crippen LogP contribution >= 0.6 is 0 Å². The smallest absolute Gasteiger partial charge is 0.251 e. The van der Waals surface area contributed by atoms with Crippen LogP contribution in [0.3, 0.4) is 0 Å². The molecule has 0 spiro atoms. The van der Waals surface area contributed by atoms with E-state index < -0.39 is 0 Å². The number of hydrogen-bond donors (Lipinski definition) is 1. The number of nitrogens with one attached hydrogen (secondary N) is 1. The van der Waals surface area contributed by atoms with Gasteiger partial charge in [0.2, 0.25) is 0 Å². The fourth-order valence-electron chi connectivity index (χ4n) is 4.37. The average molecular weight is 364 g/mol. The molecule has 1 amide bonds. The second-order valence-electron chi connectivity index (χ2n) is 7.64. The molecule has 27 heavy (non-hydrogen) atoms. The summed E-state index contributed by atoms with van der Waals surface area (Å²) < 4.78 is 0. The molecule has 2 aliphatic rings. The summed E-state index contributed by atoms with van der Waals surface area (Å²) in [5.41, 5.74) is 3.71. The molecule has 2 heterocycles. The first kappa shape index (κ1) is 18.1. The zero-order valence-electron chi connectivity index (χ0n) is 15.9. The van der Waals surface area contributed by atoms with Gasteiger partial charge in [-0.25, -0.2) is 0 Å². The second kappa shape index (κ2) is 8.57. The van der Waals surface area contributed by atoms with Gasteiger partial charge in [0.15, 0.2) is 0 Å². The van der Waals surface area contributed by atoms with Gasteiger partial charge in [0.25, 0.3) is 5.91 Å². The quantitative estimate of drug-likeness (QED) is 0.800. The van der Waals surface area contributed by atoms with Crippen molar-refractivity contribution in [2.45, 2.75) is 31.7 Å². The van der Waals surface area contributed by atoms with Crippen LogP contribution in [0.2, 0.25) is 0 Å². The third kappa shape index (κ3) is 4.33. The van der Waals surface area contributed by atoms with E-state index in [1.807, 2.05) is 30.3 Å². The molecule has 2 aromatic rings. The minimum Gasteiger partial charge on any atom is -0.366 e. The van der Waals surface area contributed by atoms with Gasteiger partial charge in [0, 0.05) is 43.5 Å². The minimum absolute atomic E-state index is 0.0325. The molecule has 142 valence electrons. The van der Waals surface area contributed by atoms with Crippen LogP contribution in [0, 0.1) is 0 Å². The van der Waals surface area contributed by atoms with Crippen LogP contribution in [0.1, 0.15) is 35.2 Å². The monoisotopic (exact) mass is 363 g/mol. The second-order valence-corrected chi connectivity index (χ2v) is 7.64. The van der Waals surface area contributed by atoms with E-state index >= 15 is 0 Å². The maximum Gasteiger partial charge on any atom is 0.251 e. The number of fused-ring (bicyclic) bond motifs is 3. The Morgan fingerprint density at radius 2 is 1.81 bits per heavy atom. The zero-order valence-corrected chi connectivity index (χ0v) is 15.9. The first-order valence-corrected chi connectivity index (χ1v) is 10.2. The predicted molar refractivity (Wildman–Crippen MR) is 110 cm³/mol. The summed E-state index contributed by atoms with van der Waals surface area (Å²) in [6.45, 7) is 5.33. The van der Waals surface area contributed by atoms with Gasteiger partial charge in [0.05, 0.1) is 0 Å². The lowest BCUT2D eigenvalue weighted by Gasteiger charge is -2.46. The molecule has 0 aliphatic carbocycles. The van der Waals surface area contributed by atoms with E-state index in [1.165, 1.54) is 30.6 Å². The molecule has 0 radical (unpaired) electrons. The van der Waals surface area contributed by atoms with Crippen molar-refractivity contribution >= 4 is 11.6 Å². The highest BCUT2D eigenvalue weighted by Gasteiger charge is 2.30. The van der Waals surface area contributed by atoms with Gasteiger partial charge in [-0.2, -0.15) is 0 Å². The predicted octanol–water partition coefficient (Wildman–Crippen LogP) is 3.33. The van der Waals surface area contributed by atoms with Crippen LogP contribution in [-0.2, 0) is 6.42 Å².